The lowest BCUT2D eigenvalue weighted by atomic mass is 9.98. The SMILES string of the molecule is Cc1cccc(C2CCCCCN2C(=O)[C@H](C)N)c1. The third kappa shape index (κ3) is 3.35. The van der Waals surface area contributed by atoms with Gasteiger partial charge < -0.3 is 10.6 Å². The van der Waals surface area contributed by atoms with Crippen molar-refractivity contribution < 1.29 is 4.79 Å². The van der Waals surface area contributed by atoms with E-state index in [4.69, 9.17) is 5.73 Å². The number of likely N-dealkylation sites (tertiary alicyclic amines) is 1. The normalized spacial score (nSPS) is 21.8. The summed E-state index contributed by atoms with van der Waals surface area (Å²) < 4.78 is 0. The van der Waals surface area contributed by atoms with Gasteiger partial charge in [0, 0.05) is 6.54 Å². The molecule has 1 aliphatic heterocycles. The smallest absolute Gasteiger partial charge is 0.239 e. The van der Waals surface area contributed by atoms with E-state index in [2.05, 4.69) is 31.2 Å². The number of nitrogens with zero attached hydrogens (tertiary/aromatic N) is 1. The molecule has 0 bridgehead atoms. The molecule has 2 atom stereocenters. The second kappa shape index (κ2) is 6.20. The van der Waals surface area contributed by atoms with Crippen LogP contribution in [0.2, 0.25) is 0 Å². The summed E-state index contributed by atoms with van der Waals surface area (Å²) in [6.45, 7) is 4.71. The van der Waals surface area contributed by atoms with Crippen LogP contribution in [0.15, 0.2) is 24.3 Å². The second-order valence-corrected chi connectivity index (χ2v) is 5.60. The van der Waals surface area contributed by atoms with Crippen LogP contribution in [0.5, 0.6) is 0 Å². The average Bonchev–Trinajstić information content (AvgIpc) is 2.63. The van der Waals surface area contributed by atoms with Crippen molar-refractivity contribution >= 4 is 5.91 Å². The molecule has 1 fully saturated rings. The van der Waals surface area contributed by atoms with Crippen molar-refractivity contribution in [1.29, 1.82) is 0 Å². The number of rotatable bonds is 2. The maximum atomic E-state index is 12.3. The predicted molar refractivity (Wildman–Crippen MR) is 77.8 cm³/mol. The molecule has 104 valence electrons. The van der Waals surface area contributed by atoms with Gasteiger partial charge in [0.25, 0.3) is 0 Å². The maximum Gasteiger partial charge on any atom is 0.239 e. The van der Waals surface area contributed by atoms with Gasteiger partial charge in [-0.1, -0.05) is 42.7 Å². The van der Waals surface area contributed by atoms with Gasteiger partial charge in [-0.25, -0.2) is 0 Å². The predicted octanol–water partition coefficient (Wildman–Crippen LogP) is 2.79. The van der Waals surface area contributed by atoms with Crippen LogP contribution in [-0.2, 0) is 4.79 Å². The second-order valence-electron chi connectivity index (χ2n) is 5.60. The van der Waals surface area contributed by atoms with Gasteiger partial charge in [-0.2, -0.15) is 0 Å². The zero-order valence-corrected chi connectivity index (χ0v) is 11.9. The summed E-state index contributed by atoms with van der Waals surface area (Å²) >= 11 is 0. The average molecular weight is 260 g/mol. The van der Waals surface area contributed by atoms with E-state index >= 15 is 0 Å². The molecule has 1 aromatic rings. The van der Waals surface area contributed by atoms with Crippen molar-refractivity contribution in [2.24, 2.45) is 5.73 Å². The number of hydrogen-bond acceptors (Lipinski definition) is 2. The molecular formula is C16H24N2O. The van der Waals surface area contributed by atoms with Crippen LogP contribution in [0.4, 0.5) is 0 Å². The fourth-order valence-electron chi connectivity index (χ4n) is 2.86. The van der Waals surface area contributed by atoms with Crippen molar-refractivity contribution in [1.82, 2.24) is 4.90 Å². The van der Waals surface area contributed by atoms with Gasteiger partial charge in [0.2, 0.25) is 5.91 Å². The first-order valence-corrected chi connectivity index (χ1v) is 7.22. The fourth-order valence-corrected chi connectivity index (χ4v) is 2.86. The Balaban J connectivity index is 2.29. The molecule has 1 amide bonds. The number of hydrogen-bond donors (Lipinski definition) is 1. The third-order valence-electron chi connectivity index (χ3n) is 3.85. The molecule has 0 saturated carbocycles. The zero-order chi connectivity index (χ0) is 13.8. The van der Waals surface area contributed by atoms with Gasteiger partial charge in [0.05, 0.1) is 12.1 Å². The van der Waals surface area contributed by atoms with Crippen LogP contribution in [-0.4, -0.2) is 23.4 Å². The first-order chi connectivity index (χ1) is 9.09. The van der Waals surface area contributed by atoms with E-state index in [0.29, 0.717) is 0 Å². The van der Waals surface area contributed by atoms with E-state index in [1.54, 1.807) is 6.92 Å². The Morgan fingerprint density at radius 1 is 1.37 bits per heavy atom. The molecule has 0 aromatic heterocycles. The monoisotopic (exact) mass is 260 g/mol. The lowest BCUT2D eigenvalue weighted by Gasteiger charge is -2.32. The van der Waals surface area contributed by atoms with Gasteiger partial charge >= 0.3 is 0 Å². The molecule has 0 spiro atoms. The molecule has 19 heavy (non-hydrogen) atoms. The van der Waals surface area contributed by atoms with E-state index in [1.165, 1.54) is 24.0 Å². The topological polar surface area (TPSA) is 46.3 Å². The van der Waals surface area contributed by atoms with Crippen LogP contribution in [0, 0.1) is 6.92 Å². The first-order valence-electron chi connectivity index (χ1n) is 7.22. The molecule has 1 aromatic carbocycles. The molecule has 2 rings (SSSR count). The summed E-state index contributed by atoms with van der Waals surface area (Å²) in [5.74, 6) is 0.0772. The van der Waals surface area contributed by atoms with E-state index in [0.717, 1.165) is 19.4 Å². The van der Waals surface area contributed by atoms with Gasteiger partial charge in [0.15, 0.2) is 0 Å². The third-order valence-corrected chi connectivity index (χ3v) is 3.85. The zero-order valence-electron chi connectivity index (χ0n) is 11.9. The molecule has 2 N–H and O–H groups in total. The minimum absolute atomic E-state index is 0.0772. The molecular weight excluding hydrogens is 236 g/mol. The summed E-state index contributed by atoms with van der Waals surface area (Å²) in [5, 5.41) is 0. The van der Waals surface area contributed by atoms with E-state index in [1.807, 2.05) is 4.90 Å². The number of carbonyl (C=O) groups excluding carboxylic acids is 1. The Hall–Kier alpha value is -1.35. The minimum atomic E-state index is -0.412. The van der Waals surface area contributed by atoms with Crippen LogP contribution < -0.4 is 5.73 Å². The highest BCUT2D eigenvalue weighted by molar-refractivity contribution is 5.81. The molecule has 3 heteroatoms. The van der Waals surface area contributed by atoms with E-state index in [-0.39, 0.29) is 11.9 Å². The van der Waals surface area contributed by atoms with Gasteiger partial charge in [-0.05, 0) is 32.3 Å². The largest absolute Gasteiger partial charge is 0.334 e. The van der Waals surface area contributed by atoms with Crippen molar-refractivity contribution in [3.63, 3.8) is 0 Å². The number of carbonyl (C=O) groups is 1. The Bertz CT molecular complexity index is 442. The highest BCUT2D eigenvalue weighted by Crippen LogP contribution is 2.30. The van der Waals surface area contributed by atoms with Gasteiger partial charge in [-0.3, -0.25) is 4.79 Å². The highest BCUT2D eigenvalue weighted by atomic mass is 16.2. The number of amides is 1. The minimum Gasteiger partial charge on any atom is -0.334 e. The van der Waals surface area contributed by atoms with Gasteiger partial charge in [0.1, 0.15) is 0 Å². The molecule has 1 heterocycles. The number of nitrogens with two attached hydrogens (primary N) is 1. The van der Waals surface area contributed by atoms with E-state index < -0.39 is 6.04 Å². The standard InChI is InChI=1S/C16H24N2O/c1-12-7-6-8-14(11-12)15-9-4-3-5-10-18(15)16(19)13(2)17/h6-8,11,13,15H,3-5,9-10,17H2,1-2H3/t13-,15?/m0/s1. The van der Waals surface area contributed by atoms with Crippen LogP contribution >= 0.6 is 0 Å². The first kappa shape index (κ1) is 14.1. The maximum absolute atomic E-state index is 12.3. The molecule has 1 unspecified atom stereocenters. The summed E-state index contributed by atoms with van der Waals surface area (Å²) in [5.41, 5.74) is 8.29. The van der Waals surface area contributed by atoms with Crippen molar-refractivity contribution in [2.75, 3.05) is 6.54 Å². The van der Waals surface area contributed by atoms with Crippen molar-refractivity contribution in [3.05, 3.63) is 35.4 Å². The summed E-state index contributed by atoms with van der Waals surface area (Å²) in [6, 6.07) is 8.27. The molecule has 1 saturated heterocycles. The summed E-state index contributed by atoms with van der Waals surface area (Å²) in [4.78, 5) is 14.3. The highest BCUT2D eigenvalue weighted by Gasteiger charge is 2.28. The van der Waals surface area contributed by atoms with Crippen LogP contribution in [0.1, 0.15) is 49.8 Å². The van der Waals surface area contributed by atoms with Crippen LogP contribution in [0.3, 0.4) is 0 Å². The Morgan fingerprint density at radius 2 is 2.16 bits per heavy atom. The number of aryl methyl sites for hydroxylation is 1. The fraction of sp³-hybridized carbons (Fsp3) is 0.562. The lowest BCUT2D eigenvalue weighted by Crippen LogP contribution is -2.44. The van der Waals surface area contributed by atoms with Crippen molar-refractivity contribution in [3.8, 4) is 0 Å². The van der Waals surface area contributed by atoms with Crippen LogP contribution in [0.25, 0.3) is 0 Å². The molecule has 0 aliphatic carbocycles. The van der Waals surface area contributed by atoms with Gasteiger partial charge in [-0.15, -0.1) is 0 Å². The Morgan fingerprint density at radius 3 is 2.84 bits per heavy atom. The quantitative estimate of drug-likeness (QED) is 0.888. The lowest BCUT2D eigenvalue weighted by molar-refractivity contribution is -0.134. The molecule has 3 nitrogen and oxygen atoms in total. The van der Waals surface area contributed by atoms with Crippen molar-refractivity contribution in [2.45, 2.75) is 51.6 Å². The number of benzene rings is 1. The Kier molecular flexibility index (Phi) is 4.59. The molecule has 1 aliphatic rings. The summed E-state index contributed by atoms with van der Waals surface area (Å²) in [7, 11) is 0. The van der Waals surface area contributed by atoms with E-state index in [9.17, 15) is 4.79 Å². The molecule has 0 radical (unpaired) electrons. The Labute approximate surface area is 115 Å². The summed E-state index contributed by atoms with van der Waals surface area (Å²) in [6.07, 6.45) is 4.51.